The lowest BCUT2D eigenvalue weighted by Gasteiger charge is -2.27. The number of pyridine rings is 1. The standard InChI is InChI=1S/C22H27N5O4S/c1-23-21(29)26-19-9-13(7-8-24-19)12-31-14-10-17(30-2)20-18(11-14)32-22(27-20)25-15-5-3-4-6-16(15)28/h7-11,15-16,28H,3-6,12H2,1-2H3,(H,25,27)(H2,23,24,26,29)/t15?,16-/m0/s1. The Hall–Kier alpha value is -3.11. The van der Waals surface area contributed by atoms with E-state index in [0.29, 0.717) is 23.9 Å². The van der Waals surface area contributed by atoms with Crippen molar-refractivity contribution in [2.24, 2.45) is 0 Å². The van der Waals surface area contributed by atoms with Crippen molar-refractivity contribution in [3.63, 3.8) is 0 Å². The SMILES string of the molecule is CNC(=O)Nc1cc(COc2cc(OC)c3nc(NC4CCCC[C@@H]4O)sc3c2)ccn1. The van der Waals surface area contributed by atoms with Crippen LogP contribution < -0.4 is 25.4 Å². The summed E-state index contributed by atoms with van der Waals surface area (Å²) in [5.74, 6) is 1.73. The second kappa shape index (κ2) is 10.0. The van der Waals surface area contributed by atoms with Crippen molar-refractivity contribution in [1.82, 2.24) is 15.3 Å². The third-order valence-corrected chi connectivity index (χ3v) is 6.32. The van der Waals surface area contributed by atoms with E-state index in [0.717, 1.165) is 46.6 Å². The van der Waals surface area contributed by atoms with E-state index in [4.69, 9.17) is 9.47 Å². The normalized spacial score (nSPS) is 18.2. The number of hydrogen-bond donors (Lipinski definition) is 4. The molecule has 4 rings (SSSR count). The fourth-order valence-corrected chi connectivity index (χ4v) is 4.67. The Kier molecular flexibility index (Phi) is 6.91. The van der Waals surface area contributed by atoms with Gasteiger partial charge in [0.25, 0.3) is 0 Å². The van der Waals surface area contributed by atoms with Gasteiger partial charge in [0.2, 0.25) is 0 Å². The van der Waals surface area contributed by atoms with Crippen molar-refractivity contribution in [1.29, 1.82) is 0 Å². The van der Waals surface area contributed by atoms with Crippen LogP contribution in [0.5, 0.6) is 11.5 Å². The van der Waals surface area contributed by atoms with E-state index >= 15 is 0 Å². The van der Waals surface area contributed by atoms with Crippen LogP contribution >= 0.6 is 11.3 Å². The van der Waals surface area contributed by atoms with Gasteiger partial charge in [-0.05, 0) is 36.6 Å². The molecular formula is C22H27N5O4S. The van der Waals surface area contributed by atoms with Gasteiger partial charge in [0, 0.05) is 19.3 Å². The number of amides is 2. The molecule has 2 aromatic heterocycles. The molecule has 1 fully saturated rings. The molecule has 1 unspecified atom stereocenters. The zero-order chi connectivity index (χ0) is 22.5. The highest BCUT2D eigenvalue weighted by Crippen LogP contribution is 2.37. The van der Waals surface area contributed by atoms with E-state index in [1.807, 2.05) is 18.2 Å². The van der Waals surface area contributed by atoms with Gasteiger partial charge in [-0.2, -0.15) is 0 Å². The predicted molar refractivity (Wildman–Crippen MR) is 125 cm³/mol. The predicted octanol–water partition coefficient (Wildman–Crippen LogP) is 3.75. The van der Waals surface area contributed by atoms with Crippen LogP contribution in [-0.4, -0.2) is 47.4 Å². The van der Waals surface area contributed by atoms with Crippen molar-refractivity contribution in [3.8, 4) is 11.5 Å². The molecule has 3 aromatic rings. The highest BCUT2D eigenvalue weighted by Gasteiger charge is 2.24. The number of fused-ring (bicyclic) bond motifs is 1. The second-order valence-electron chi connectivity index (χ2n) is 7.64. The quantitative estimate of drug-likeness (QED) is 0.427. The summed E-state index contributed by atoms with van der Waals surface area (Å²) in [6.07, 6.45) is 5.20. The summed E-state index contributed by atoms with van der Waals surface area (Å²) in [6, 6.07) is 7.02. The van der Waals surface area contributed by atoms with Crippen LogP contribution in [0.2, 0.25) is 0 Å². The summed E-state index contributed by atoms with van der Waals surface area (Å²) in [4.78, 5) is 20.3. The largest absolute Gasteiger partial charge is 0.494 e. The summed E-state index contributed by atoms with van der Waals surface area (Å²) >= 11 is 1.51. The minimum Gasteiger partial charge on any atom is -0.494 e. The Morgan fingerprint density at radius 2 is 2.12 bits per heavy atom. The topological polar surface area (TPSA) is 118 Å². The number of aromatic nitrogens is 2. The molecular weight excluding hydrogens is 430 g/mol. The minimum absolute atomic E-state index is 0.0234. The number of nitrogens with zero attached hydrogens (tertiary/aromatic N) is 2. The average molecular weight is 458 g/mol. The van der Waals surface area contributed by atoms with Crippen molar-refractivity contribution in [2.45, 2.75) is 44.4 Å². The van der Waals surface area contributed by atoms with E-state index < -0.39 is 0 Å². The number of rotatable bonds is 7. The van der Waals surface area contributed by atoms with E-state index in [9.17, 15) is 9.90 Å². The molecule has 1 aliphatic carbocycles. The highest BCUT2D eigenvalue weighted by atomic mass is 32.1. The number of urea groups is 1. The Morgan fingerprint density at radius 3 is 2.91 bits per heavy atom. The molecule has 2 atom stereocenters. The van der Waals surface area contributed by atoms with E-state index in [1.54, 1.807) is 26.4 Å². The molecule has 4 N–H and O–H groups in total. The Bertz CT molecular complexity index is 1090. The zero-order valence-electron chi connectivity index (χ0n) is 18.1. The number of carbonyl (C=O) groups is 1. The van der Waals surface area contributed by atoms with Gasteiger partial charge in [0.05, 0.1) is 24.0 Å². The van der Waals surface area contributed by atoms with E-state index in [1.165, 1.54) is 11.3 Å². The second-order valence-corrected chi connectivity index (χ2v) is 8.67. The lowest BCUT2D eigenvalue weighted by atomic mass is 9.93. The summed E-state index contributed by atoms with van der Waals surface area (Å²) in [5, 5.41) is 19.5. The summed E-state index contributed by atoms with van der Waals surface area (Å²) in [7, 11) is 3.15. The van der Waals surface area contributed by atoms with Crippen LogP contribution in [0.4, 0.5) is 15.7 Å². The van der Waals surface area contributed by atoms with Gasteiger partial charge in [-0.1, -0.05) is 24.2 Å². The van der Waals surface area contributed by atoms with Crippen molar-refractivity contribution in [2.75, 3.05) is 24.8 Å². The first-order valence-corrected chi connectivity index (χ1v) is 11.4. The van der Waals surface area contributed by atoms with E-state index in [-0.39, 0.29) is 18.2 Å². The molecule has 0 saturated heterocycles. The number of nitrogens with one attached hydrogen (secondary N) is 3. The van der Waals surface area contributed by atoms with Crippen LogP contribution in [0.1, 0.15) is 31.2 Å². The van der Waals surface area contributed by atoms with Gasteiger partial charge in [0.1, 0.15) is 29.4 Å². The molecule has 1 saturated carbocycles. The van der Waals surface area contributed by atoms with Crippen LogP contribution in [0.3, 0.4) is 0 Å². The maximum absolute atomic E-state index is 11.5. The molecule has 170 valence electrons. The van der Waals surface area contributed by atoms with Crippen LogP contribution in [0.15, 0.2) is 30.5 Å². The Labute approximate surface area is 190 Å². The van der Waals surface area contributed by atoms with Gasteiger partial charge in [0.15, 0.2) is 5.13 Å². The molecule has 2 amide bonds. The summed E-state index contributed by atoms with van der Waals surface area (Å²) < 4.78 is 12.5. The first-order valence-electron chi connectivity index (χ1n) is 10.6. The number of aliphatic hydroxyl groups is 1. The molecule has 0 radical (unpaired) electrons. The number of hydrogen-bond acceptors (Lipinski definition) is 8. The lowest BCUT2D eigenvalue weighted by Crippen LogP contribution is -2.36. The number of methoxy groups -OCH3 is 1. The van der Waals surface area contributed by atoms with Crippen molar-refractivity contribution in [3.05, 3.63) is 36.0 Å². The van der Waals surface area contributed by atoms with Crippen molar-refractivity contribution < 1.29 is 19.4 Å². The highest BCUT2D eigenvalue weighted by molar-refractivity contribution is 7.22. The summed E-state index contributed by atoms with van der Waals surface area (Å²) in [6.45, 7) is 0.303. The number of ether oxygens (including phenoxy) is 2. The molecule has 10 heteroatoms. The van der Waals surface area contributed by atoms with Gasteiger partial charge in [-0.25, -0.2) is 14.8 Å². The number of carbonyl (C=O) groups excluding carboxylic acids is 1. The maximum Gasteiger partial charge on any atom is 0.320 e. The third-order valence-electron chi connectivity index (χ3n) is 5.39. The van der Waals surface area contributed by atoms with Gasteiger partial charge in [-0.15, -0.1) is 0 Å². The number of aliphatic hydroxyl groups excluding tert-OH is 1. The minimum atomic E-state index is -0.348. The van der Waals surface area contributed by atoms with Crippen molar-refractivity contribution >= 4 is 38.5 Å². The monoisotopic (exact) mass is 457 g/mol. The molecule has 0 aliphatic heterocycles. The van der Waals surface area contributed by atoms with Crippen LogP contribution in [0.25, 0.3) is 10.2 Å². The molecule has 2 heterocycles. The van der Waals surface area contributed by atoms with Gasteiger partial charge in [-0.3, -0.25) is 5.32 Å². The molecule has 1 aromatic carbocycles. The first-order chi connectivity index (χ1) is 15.6. The molecule has 9 nitrogen and oxygen atoms in total. The third kappa shape index (κ3) is 5.20. The van der Waals surface area contributed by atoms with Gasteiger partial charge >= 0.3 is 6.03 Å². The lowest BCUT2D eigenvalue weighted by molar-refractivity contribution is 0.116. The molecule has 0 bridgehead atoms. The molecule has 0 spiro atoms. The number of benzene rings is 1. The smallest absolute Gasteiger partial charge is 0.320 e. The number of thiazole rings is 1. The molecule has 1 aliphatic rings. The molecule has 32 heavy (non-hydrogen) atoms. The fourth-order valence-electron chi connectivity index (χ4n) is 3.69. The van der Waals surface area contributed by atoms with Crippen LogP contribution in [-0.2, 0) is 6.61 Å². The van der Waals surface area contributed by atoms with Crippen LogP contribution in [0, 0.1) is 0 Å². The summed E-state index contributed by atoms with van der Waals surface area (Å²) in [5.41, 5.74) is 1.63. The van der Waals surface area contributed by atoms with Gasteiger partial charge < -0.3 is 25.2 Å². The van der Waals surface area contributed by atoms with E-state index in [2.05, 4.69) is 25.9 Å². The maximum atomic E-state index is 11.5. The Morgan fingerprint density at radius 1 is 1.28 bits per heavy atom. The fraction of sp³-hybridized carbons (Fsp3) is 0.409. The number of anilines is 2. The first kappa shape index (κ1) is 22.1. The average Bonchev–Trinajstić information content (AvgIpc) is 3.21. The Balaban J connectivity index is 1.48. The zero-order valence-corrected chi connectivity index (χ0v) is 18.9.